The van der Waals surface area contributed by atoms with Crippen molar-refractivity contribution in [2.45, 2.75) is 13.5 Å². The molecule has 0 bridgehead atoms. The van der Waals surface area contributed by atoms with Crippen LogP contribution in [0.5, 0.6) is 5.75 Å². The number of rotatable bonds is 2. The summed E-state index contributed by atoms with van der Waals surface area (Å²) in [4.78, 5) is 4.62. The van der Waals surface area contributed by atoms with Gasteiger partial charge in [-0.05, 0) is 25.1 Å². The number of nitrogens with zero attached hydrogens (tertiary/aromatic N) is 3. The fourth-order valence-corrected chi connectivity index (χ4v) is 2.10. The van der Waals surface area contributed by atoms with Crippen molar-refractivity contribution < 1.29 is 4.74 Å². The lowest BCUT2D eigenvalue weighted by atomic mass is 10.2. The molecule has 5 heteroatoms. The highest BCUT2D eigenvalue weighted by Crippen LogP contribution is 2.26. The fraction of sp³-hybridized carbons (Fsp3) is 0.231. The molecular weight excluding hydrogens is 228 g/mol. The van der Waals surface area contributed by atoms with Crippen LogP contribution in [0.15, 0.2) is 24.3 Å². The summed E-state index contributed by atoms with van der Waals surface area (Å²) in [5.74, 6) is 1.32. The van der Waals surface area contributed by atoms with Gasteiger partial charge in [0.05, 0.1) is 18.0 Å². The summed E-state index contributed by atoms with van der Waals surface area (Å²) in [7, 11) is 1.65. The minimum atomic E-state index is 0.525. The fourth-order valence-electron chi connectivity index (χ4n) is 2.10. The second-order valence-corrected chi connectivity index (χ2v) is 4.12. The molecule has 0 aliphatic rings. The van der Waals surface area contributed by atoms with Gasteiger partial charge in [0.15, 0.2) is 11.5 Å². The number of fused-ring (bicyclic) bond motifs is 2. The third-order valence-corrected chi connectivity index (χ3v) is 3.05. The molecule has 92 valence electrons. The largest absolute Gasteiger partial charge is 0.497 e. The van der Waals surface area contributed by atoms with E-state index in [1.54, 1.807) is 7.11 Å². The molecule has 18 heavy (non-hydrogen) atoms. The van der Waals surface area contributed by atoms with Crippen LogP contribution in [0.4, 0.5) is 5.82 Å². The van der Waals surface area contributed by atoms with Crippen molar-refractivity contribution in [3.63, 3.8) is 0 Å². The van der Waals surface area contributed by atoms with Crippen LogP contribution in [0.25, 0.3) is 21.9 Å². The van der Waals surface area contributed by atoms with Crippen molar-refractivity contribution in [2.24, 2.45) is 0 Å². The van der Waals surface area contributed by atoms with Crippen molar-refractivity contribution in [1.29, 1.82) is 0 Å². The van der Waals surface area contributed by atoms with E-state index in [4.69, 9.17) is 10.5 Å². The van der Waals surface area contributed by atoms with E-state index in [9.17, 15) is 0 Å². The Morgan fingerprint density at radius 3 is 2.89 bits per heavy atom. The summed E-state index contributed by atoms with van der Waals surface area (Å²) in [5.41, 5.74) is 7.60. The minimum absolute atomic E-state index is 0.525. The topological polar surface area (TPSA) is 66.0 Å². The van der Waals surface area contributed by atoms with Crippen LogP contribution in [-0.4, -0.2) is 21.9 Å². The molecule has 3 rings (SSSR count). The van der Waals surface area contributed by atoms with Crippen molar-refractivity contribution >= 4 is 27.8 Å². The first kappa shape index (κ1) is 10.8. The van der Waals surface area contributed by atoms with Crippen LogP contribution in [0.3, 0.4) is 0 Å². The number of pyridine rings is 1. The van der Waals surface area contributed by atoms with Crippen LogP contribution in [0, 0.1) is 0 Å². The van der Waals surface area contributed by atoms with Crippen molar-refractivity contribution in [1.82, 2.24) is 14.8 Å². The first-order valence-electron chi connectivity index (χ1n) is 5.83. The van der Waals surface area contributed by atoms with Gasteiger partial charge >= 0.3 is 0 Å². The summed E-state index contributed by atoms with van der Waals surface area (Å²) >= 11 is 0. The highest BCUT2D eigenvalue weighted by Gasteiger charge is 2.10. The standard InChI is InChI=1S/C13H14N4O/c1-3-17-13-10(12(14)16-17)6-8-4-5-9(18-2)7-11(8)15-13/h4-7H,3H2,1-2H3,(H2,14,16). The maximum absolute atomic E-state index is 5.90. The molecule has 0 spiro atoms. The van der Waals surface area contributed by atoms with Crippen LogP contribution in [0.1, 0.15) is 6.92 Å². The third-order valence-electron chi connectivity index (χ3n) is 3.05. The predicted octanol–water partition coefficient (Wildman–Crippen LogP) is 2.20. The Bertz CT molecular complexity index is 733. The monoisotopic (exact) mass is 242 g/mol. The summed E-state index contributed by atoms with van der Waals surface area (Å²) in [6, 6.07) is 7.82. The normalized spacial score (nSPS) is 11.2. The first-order valence-corrected chi connectivity index (χ1v) is 5.83. The first-order chi connectivity index (χ1) is 8.72. The molecule has 0 unspecified atom stereocenters. The molecule has 0 saturated carbocycles. The number of anilines is 1. The minimum Gasteiger partial charge on any atom is -0.497 e. The molecule has 0 aliphatic heterocycles. The molecule has 0 amide bonds. The Hall–Kier alpha value is -2.30. The van der Waals surface area contributed by atoms with E-state index < -0.39 is 0 Å². The van der Waals surface area contributed by atoms with Gasteiger partial charge in [0, 0.05) is 18.0 Å². The molecule has 0 atom stereocenters. The summed E-state index contributed by atoms with van der Waals surface area (Å²) in [6.07, 6.45) is 0. The number of methoxy groups -OCH3 is 1. The summed E-state index contributed by atoms with van der Waals surface area (Å²) in [5, 5.41) is 6.21. The van der Waals surface area contributed by atoms with Gasteiger partial charge in [-0.25, -0.2) is 9.67 Å². The Kier molecular flexibility index (Phi) is 2.33. The van der Waals surface area contributed by atoms with E-state index in [1.807, 2.05) is 35.9 Å². The SMILES string of the molecule is CCn1nc(N)c2cc3ccc(OC)cc3nc21. The number of aryl methyl sites for hydroxylation is 1. The van der Waals surface area contributed by atoms with Gasteiger partial charge in [-0.2, -0.15) is 5.10 Å². The molecule has 0 radical (unpaired) electrons. The lowest BCUT2D eigenvalue weighted by Gasteiger charge is -2.03. The van der Waals surface area contributed by atoms with E-state index in [0.717, 1.165) is 34.2 Å². The van der Waals surface area contributed by atoms with Crippen LogP contribution >= 0.6 is 0 Å². The zero-order valence-electron chi connectivity index (χ0n) is 10.3. The van der Waals surface area contributed by atoms with E-state index in [0.29, 0.717) is 5.82 Å². The van der Waals surface area contributed by atoms with Crippen LogP contribution in [-0.2, 0) is 6.54 Å². The maximum atomic E-state index is 5.90. The van der Waals surface area contributed by atoms with Crippen molar-refractivity contribution in [3.05, 3.63) is 24.3 Å². The van der Waals surface area contributed by atoms with Gasteiger partial charge in [-0.15, -0.1) is 0 Å². The van der Waals surface area contributed by atoms with E-state index >= 15 is 0 Å². The molecule has 1 aromatic carbocycles. The van der Waals surface area contributed by atoms with Gasteiger partial charge in [0.1, 0.15) is 5.75 Å². The van der Waals surface area contributed by atoms with Gasteiger partial charge in [0.2, 0.25) is 0 Å². The molecule has 0 fully saturated rings. The van der Waals surface area contributed by atoms with Crippen molar-refractivity contribution in [3.8, 4) is 5.75 Å². The summed E-state index contributed by atoms with van der Waals surface area (Å²) in [6.45, 7) is 2.76. The molecule has 2 heterocycles. The van der Waals surface area contributed by atoms with Gasteiger partial charge in [-0.1, -0.05) is 0 Å². The maximum Gasteiger partial charge on any atom is 0.160 e. The zero-order chi connectivity index (χ0) is 12.7. The van der Waals surface area contributed by atoms with Crippen LogP contribution < -0.4 is 10.5 Å². The van der Waals surface area contributed by atoms with Gasteiger partial charge in [-0.3, -0.25) is 0 Å². The Morgan fingerprint density at radius 2 is 2.17 bits per heavy atom. The highest BCUT2D eigenvalue weighted by atomic mass is 16.5. The molecule has 0 saturated heterocycles. The average Bonchev–Trinajstić information content (AvgIpc) is 2.72. The highest BCUT2D eigenvalue weighted by molar-refractivity contribution is 5.96. The lowest BCUT2D eigenvalue weighted by molar-refractivity contribution is 0.415. The number of benzene rings is 1. The van der Waals surface area contributed by atoms with Gasteiger partial charge < -0.3 is 10.5 Å². The second-order valence-electron chi connectivity index (χ2n) is 4.12. The van der Waals surface area contributed by atoms with Crippen molar-refractivity contribution in [2.75, 3.05) is 12.8 Å². The number of nitrogens with two attached hydrogens (primary N) is 1. The Balaban J connectivity index is 2.37. The molecule has 3 aromatic rings. The molecule has 0 aliphatic carbocycles. The molecule has 2 aromatic heterocycles. The van der Waals surface area contributed by atoms with Crippen LogP contribution in [0.2, 0.25) is 0 Å². The Morgan fingerprint density at radius 1 is 1.33 bits per heavy atom. The van der Waals surface area contributed by atoms with E-state index in [1.165, 1.54) is 0 Å². The van der Waals surface area contributed by atoms with E-state index in [-0.39, 0.29) is 0 Å². The molecule has 5 nitrogen and oxygen atoms in total. The average molecular weight is 242 g/mol. The summed E-state index contributed by atoms with van der Waals surface area (Å²) < 4.78 is 7.02. The Labute approximate surface area is 104 Å². The number of ether oxygens (including phenoxy) is 1. The number of hydrogen-bond donors (Lipinski definition) is 1. The van der Waals surface area contributed by atoms with E-state index in [2.05, 4.69) is 10.1 Å². The lowest BCUT2D eigenvalue weighted by Crippen LogP contribution is -1.98. The number of nitrogen functional groups attached to an aromatic ring is 1. The third kappa shape index (κ3) is 1.48. The smallest absolute Gasteiger partial charge is 0.160 e. The molecular formula is C13H14N4O. The predicted molar refractivity (Wildman–Crippen MR) is 71.7 cm³/mol. The second kappa shape index (κ2) is 3.87. The quantitative estimate of drug-likeness (QED) is 0.748. The number of hydrogen-bond acceptors (Lipinski definition) is 4. The molecule has 2 N–H and O–H groups in total. The number of aromatic nitrogens is 3. The van der Waals surface area contributed by atoms with Gasteiger partial charge in [0.25, 0.3) is 0 Å². The zero-order valence-corrected chi connectivity index (χ0v) is 10.3.